The Labute approximate surface area is 135 Å². The quantitative estimate of drug-likeness (QED) is 0.864. The minimum atomic E-state index is -0.144. The minimum Gasteiger partial charge on any atom is -0.352 e. The first-order valence-corrected chi connectivity index (χ1v) is 8.20. The van der Waals surface area contributed by atoms with Gasteiger partial charge in [-0.3, -0.25) is 9.59 Å². The fourth-order valence-corrected chi connectivity index (χ4v) is 3.08. The van der Waals surface area contributed by atoms with E-state index in [-0.39, 0.29) is 11.8 Å². The number of piperidine rings is 1. The summed E-state index contributed by atoms with van der Waals surface area (Å²) in [6, 6.07) is 3.20. The average molecular weight is 322 g/mol. The van der Waals surface area contributed by atoms with Crippen LogP contribution in [-0.4, -0.2) is 41.3 Å². The topological polar surface area (TPSA) is 62.3 Å². The second-order valence-electron chi connectivity index (χ2n) is 6.14. The molecule has 118 valence electrons. The van der Waals surface area contributed by atoms with Crippen LogP contribution < -0.4 is 5.32 Å². The molecule has 1 saturated carbocycles. The molecule has 2 aliphatic rings. The van der Waals surface area contributed by atoms with Gasteiger partial charge in [-0.1, -0.05) is 11.6 Å². The Kier molecular flexibility index (Phi) is 4.62. The van der Waals surface area contributed by atoms with Crippen LogP contribution in [0.2, 0.25) is 5.15 Å². The maximum atomic E-state index is 12.1. The molecule has 5 nitrogen and oxygen atoms in total. The molecule has 22 heavy (non-hydrogen) atoms. The molecular formula is C16H20ClN3O2. The Bertz CT molecular complexity index is 574. The highest BCUT2D eigenvalue weighted by atomic mass is 35.5. The van der Waals surface area contributed by atoms with Crippen molar-refractivity contribution < 1.29 is 9.59 Å². The summed E-state index contributed by atoms with van der Waals surface area (Å²) >= 11 is 5.79. The van der Waals surface area contributed by atoms with Crippen LogP contribution in [0.3, 0.4) is 0 Å². The van der Waals surface area contributed by atoms with E-state index in [9.17, 15) is 9.59 Å². The molecule has 2 amide bonds. The molecule has 1 saturated heterocycles. The third-order valence-electron chi connectivity index (χ3n) is 4.30. The number of amides is 2. The van der Waals surface area contributed by atoms with Gasteiger partial charge in [-0.15, -0.1) is 0 Å². The molecule has 2 fully saturated rings. The number of hydrogen-bond donors (Lipinski definition) is 1. The lowest BCUT2D eigenvalue weighted by atomic mass is 9.97. The minimum absolute atomic E-state index is 0.144. The molecule has 1 atom stereocenters. The Hall–Kier alpha value is -1.62. The molecule has 0 radical (unpaired) electrons. The Morgan fingerprint density at radius 1 is 1.36 bits per heavy atom. The number of nitrogens with one attached hydrogen (secondary N) is 1. The fourth-order valence-electron chi connectivity index (χ4n) is 2.90. The predicted molar refractivity (Wildman–Crippen MR) is 83.6 cm³/mol. The van der Waals surface area contributed by atoms with Crippen molar-refractivity contribution in [3.05, 3.63) is 29.0 Å². The number of carbonyl (C=O) groups excluding carboxylic acids is 2. The maximum absolute atomic E-state index is 12.1. The van der Waals surface area contributed by atoms with Gasteiger partial charge >= 0.3 is 0 Å². The van der Waals surface area contributed by atoms with Crippen molar-refractivity contribution in [1.82, 2.24) is 15.2 Å². The van der Waals surface area contributed by atoms with Crippen molar-refractivity contribution in [2.45, 2.75) is 25.7 Å². The van der Waals surface area contributed by atoms with Crippen LogP contribution in [-0.2, 0) is 4.79 Å². The summed E-state index contributed by atoms with van der Waals surface area (Å²) in [6.45, 7) is 2.21. The Morgan fingerprint density at radius 3 is 2.91 bits per heavy atom. The largest absolute Gasteiger partial charge is 0.352 e. The van der Waals surface area contributed by atoms with Gasteiger partial charge in [0.05, 0.1) is 0 Å². The summed E-state index contributed by atoms with van der Waals surface area (Å²) in [5, 5.41) is 3.25. The molecule has 6 heteroatoms. The zero-order valence-corrected chi connectivity index (χ0v) is 13.2. The molecule has 1 N–H and O–H groups in total. The van der Waals surface area contributed by atoms with E-state index in [4.69, 9.17) is 11.6 Å². The third kappa shape index (κ3) is 3.77. The molecule has 0 spiro atoms. The van der Waals surface area contributed by atoms with Crippen LogP contribution in [0.1, 0.15) is 36.0 Å². The van der Waals surface area contributed by atoms with Crippen molar-refractivity contribution in [2.24, 2.45) is 11.8 Å². The highest BCUT2D eigenvalue weighted by Gasteiger charge is 2.35. The monoisotopic (exact) mass is 321 g/mol. The van der Waals surface area contributed by atoms with Crippen LogP contribution in [0.25, 0.3) is 0 Å². The van der Waals surface area contributed by atoms with E-state index in [0.717, 1.165) is 38.8 Å². The van der Waals surface area contributed by atoms with Crippen molar-refractivity contribution in [1.29, 1.82) is 0 Å². The highest BCUT2D eigenvalue weighted by Crippen LogP contribution is 2.32. The molecule has 1 unspecified atom stereocenters. The van der Waals surface area contributed by atoms with Gasteiger partial charge in [-0.25, -0.2) is 4.98 Å². The molecule has 2 heterocycles. The van der Waals surface area contributed by atoms with Crippen LogP contribution in [0.5, 0.6) is 0 Å². The molecule has 1 aromatic heterocycles. The van der Waals surface area contributed by atoms with E-state index >= 15 is 0 Å². The molecule has 1 aliphatic carbocycles. The van der Waals surface area contributed by atoms with E-state index in [1.54, 1.807) is 12.1 Å². The molecule has 3 rings (SSSR count). The van der Waals surface area contributed by atoms with Gasteiger partial charge in [-0.05, 0) is 43.7 Å². The predicted octanol–water partition coefficient (Wildman–Crippen LogP) is 2.11. The van der Waals surface area contributed by atoms with E-state index in [2.05, 4.69) is 10.3 Å². The van der Waals surface area contributed by atoms with E-state index in [0.29, 0.717) is 29.1 Å². The zero-order valence-electron chi connectivity index (χ0n) is 12.4. The van der Waals surface area contributed by atoms with Crippen LogP contribution in [0.15, 0.2) is 18.3 Å². The van der Waals surface area contributed by atoms with Crippen molar-refractivity contribution in [3.63, 3.8) is 0 Å². The molecular weight excluding hydrogens is 302 g/mol. The lowest BCUT2D eigenvalue weighted by Crippen LogP contribution is -2.44. The second kappa shape index (κ2) is 6.65. The summed E-state index contributed by atoms with van der Waals surface area (Å²) in [6.07, 6.45) is 5.67. The number of aromatic nitrogens is 1. The zero-order chi connectivity index (χ0) is 15.5. The Morgan fingerprint density at radius 2 is 2.18 bits per heavy atom. The normalized spacial score (nSPS) is 21.5. The summed E-state index contributed by atoms with van der Waals surface area (Å²) in [5.74, 6) is 0.761. The van der Waals surface area contributed by atoms with Crippen molar-refractivity contribution >= 4 is 23.4 Å². The van der Waals surface area contributed by atoms with E-state index in [1.165, 1.54) is 6.20 Å². The first kappa shape index (κ1) is 15.3. The van der Waals surface area contributed by atoms with Crippen LogP contribution in [0, 0.1) is 11.8 Å². The molecule has 1 aromatic rings. The van der Waals surface area contributed by atoms with Gasteiger partial charge in [0.25, 0.3) is 5.91 Å². The van der Waals surface area contributed by atoms with E-state index in [1.807, 2.05) is 4.90 Å². The maximum Gasteiger partial charge on any atom is 0.251 e. The smallest absolute Gasteiger partial charge is 0.251 e. The lowest BCUT2D eigenvalue weighted by Gasteiger charge is -2.33. The van der Waals surface area contributed by atoms with Gasteiger partial charge in [0.15, 0.2) is 0 Å². The summed E-state index contributed by atoms with van der Waals surface area (Å²) in [4.78, 5) is 30.1. The average Bonchev–Trinajstić information content (AvgIpc) is 3.37. The highest BCUT2D eigenvalue weighted by molar-refractivity contribution is 6.29. The van der Waals surface area contributed by atoms with Gasteiger partial charge < -0.3 is 10.2 Å². The van der Waals surface area contributed by atoms with Gasteiger partial charge in [-0.2, -0.15) is 0 Å². The molecule has 1 aliphatic heterocycles. The number of pyridine rings is 1. The van der Waals surface area contributed by atoms with Crippen molar-refractivity contribution in [2.75, 3.05) is 19.6 Å². The number of likely N-dealkylation sites (tertiary alicyclic amines) is 1. The first-order chi connectivity index (χ1) is 10.6. The SMILES string of the molecule is O=C(NCC1CCCN(C(=O)C2CC2)C1)c1ccnc(Cl)c1. The van der Waals surface area contributed by atoms with Gasteiger partial charge in [0.1, 0.15) is 5.15 Å². The summed E-state index contributed by atoms with van der Waals surface area (Å²) in [5.41, 5.74) is 0.515. The summed E-state index contributed by atoms with van der Waals surface area (Å²) < 4.78 is 0. The van der Waals surface area contributed by atoms with Crippen LogP contribution in [0.4, 0.5) is 0 Å². The van der Waals surface area contributed by atoms with E-state index < -0.39 is 0 Å². The van der Waals surface area contributed by atoms with Crippen molar-refractivity contribution in [3.8, 4) is 0 Å². The first-order valence-electron chi connectivity index (χ1n) is 7.82. The Balaban J connectivity index is 1.50. The number of nitrogens with zero attached hydrogens (tertiary/aromatic N) is 2. The van der Waals surface area contributed by atoms with Crippen LogP contribution >= 0.6 is 11.6 Å². The third-order valence-corrected chi connectivity index (χ3v) is 4.50. The van der Waals surface area contributed by atoms with Gasteiger partial charge in [0.2, 0.25) is 5.91 Å². The second-order valence-corrected chi connectivity index (χ2v) is 6.53. The molecule has 0 bridgehead atoms. The lowest BCUT2D eigenvalue weighted by molar-refractivity contribution is -0.134. The number of hydrogen-bond acceptors (Lipinski definition) is 3. The number of carbonyl (C=O) groups is 2. The summed E-state index contributed by atoms with van der Waals surface area (Å²) in [7, 11) is 0. The number of rotatable bonds is 4. The fraction of sp³-hybridized carbons (Fsp3) is 0.562. The van der Waals surface area contributed by atoms with Gasteiger partial charge in [0, 0.05) is 37.3 Å². The standard InChI is InChI=1S/C16H20ClN3O2/c17-14-8-13(5-6-18-14)15(21)19-9-11-2-1-7-20(10-11)16(22)12-3-4-12/h5-6,8,11-12H,1-4,7,9-10H2,(H,19,21). The molecule has 0 aromatic carbocycles. The number of halogens is 1.